The molecule has 1 aromatic carbocycles. The average molecular weight is 465 g/mol. The molecular weight excluding hydrogens is 424 g/mol. The monoisotopic (exact) mass is 464 g/mol. The topological polar surface area (TPSA) is 71.7 Å². The molecule has 184 valence electrons. The van der Waals surface area contributed by atoms with Crippen LogP contribution in [0.5, 0.6) is 5.75 Å². The third-order valence-corrected chi connectivity index (χ3v) is 7.53. The number of nitrogens with zero attached hydrogens (tertiary/aromatic N) is 3. The molecule has 6 nitrogen and oxygen atoms in total. The number of rotatable bonds is 4. The van der Waals surface area contributed by atoms with Crippen LogP contribution in [-0.4, -0.2) is 60.0 Å². The highest BCUT2D eigenvalue weighted by atomic mass is 16.5. The Kier molecular flexibility index (Phi) is 8.44. The van der Waals surface area contributed by atoms with E-state index in [0.717, 1.165) is 64.3 Å². The molecule has 4 rings (SSSR count). The highest BCUT2D eigenvalue weighted by Gasteiger charge is 2.37. The van der Waals surface area contributed by atoms with Crippen LogP contribution in [0, 0.1) is 5.41 Å². The van der Waals surface area contributed by atoms with E-state index in [-0.39, 0.29) is 11.3 Å². The molecular formula is C28H40N4O2. The Bertz CT molecular complexity index is 940. The molecule has 3 heterocycles. The SMILES string of the molecule is CCCCN1CCOc2ccccc2CCCCC2(CCN(C(=O)c3cccc(N)n3)CC2)C1. The number of piperidine rings is 1. The summed E-state index contributed by atoms with van der Waals surface area (Å²) in [6, 6.07) is 13.8. The number of pyridine rings is 1. The maximum Gasteiger partial charge on any atom is 0.272 e. The smallest absolute Gasteiger partial charge is 0.272 e. The highest BCUT2D eigenvalue weighted by Crippen LogP contribution is 2.38. The number of nitrogens with two attached hydrogens (primary N) is 1. The lowest BCUT2D eigenvalue weighted by Crippen LogP contribution is -2.49. The van der Waals surface area contributed by atoms with Crippen molar-refractivity contribution in [1.29, 1.82) is 0 Å². The Hall–Kier alpha value is -2.60. The van der Waals surface area contributed by atoms with E-state index in [2.05, 4.69) is 41.1 Å². The van der Waals surface area contributed by atoms with Crippen molar-refractivity contribution in [2.75, 3.05) is 45.1 Å². The second-order valence-corrected chi connectivity index (χ2v) is 10.0. The highest BCUT2D eigenvalue weighted by molar-refractivity contribution is 5.92. The third-order valence-electron chi connectivity index (χ3n) is 7.53. The number of para-hydroxylation sites is 1. The van der Waals surface area contributed by atoms with Crippen LogP contribution in [0.2, 0.25) is 0 Å². The first-order chi connectivity index (χ1) is 16.6. The van der Waals surface area contributed by atoms with Gasteiger partial charge in [0.05, 0.1) is 0 Å². The van der Waals surface area contributed by atoms with Crippen LogP contribution in [0.4, 0.5) is 5.82 Å². The Morgan fingerprint density at radius 3 is 2.68 bits per heavy atom. The summed E-state index contributed by atoms with van der Waals surface area (Å²) in [6.45, 7) is 7.71. The van der Waals surface area contributed by atoms with Crippen molar-refractivity contribution in [2.24, 2.45) is 5.41 Å². The van der Waals surface area contributed by atoms with Crippen molar-refractivity contribution in [1.82, 2.24) is 14.8 Å². The standard InChI is InChI=1S/C28H40N4O2/c1-2-3-17-31-20-21-34-25-12-5-4-9-23(25)10-6-7-14-28(22-31)15-18-32(19-16-28)27(33)24-11-8-13-26(29)30-24/h4-5,8-9,11-13H,2-3,6-7,10,14-22H2,1H3,(H2,29,30). The molecule has 0 bridgehead atoms. The molecule has 0 unspecified atom stereocenters. The number of ether oxygens (including phenoxy) is 1. The fourth-order valence-electron chi connectivity index (χ4n) is 5.48. The molecule has 0 radical (unpaired) electrons. The minimum atomic E-state index is 0.00292. The molecule has 0 aliphatic carbocycles. The fraction of sp³-hybridized carbons (Fsp3) is 0.571. The third kappa shape index (κ3) is 6.29. The number of aryl methyl sites for hydroxylation is 1. The zero-order valence-corrected chi connectivity index (χ0v) is 20.7. The summed E-state index contributed by atoms with van der Waals surface area (Å²) in [6.07, 6.45) is 9.16. The van der Waals surface area contributed by atoms with Gasteiger partial charge in [-0.1, -0.05) is 44.0 Å². The van der Waals surface area contributed by atoms with Gasteiger partial charge in [0.25, 0.3) is 5.91 Å². The molecule has 0 saturated carbocycles. The van der Waals surface area contributed by atoms with Crippen LogP contribution >= 0.6 is 0 Å². The van der Waals surface area contributed by atoms with Gasteiger partial charge >= 0.3 is 0 Å². The summed E-state index contributed by atoms with van der Waals surface area (Å²) in [5, 5.41) is 0. The van der Waals surface area contributed by atoms with Crippen LogP contribution in [-0.2, 0) is 6.42 Å². The van der Waals surface area contributed by atoms with Crippen molar-refractivity contribution in [2.45, 2.75) is 58.3 Å². The molecule has 1 aromatic heterocycles. The molecule has 1 fully saturated rings. The lowest BCUT2D eigenvalue weighted by molar-refractivity contribution is 0.0371. The summed E-state index contributed by atoms with van der Waals surface area (Å²) in [4.78, 5) is 21.9. The number of likely N-dealkylation sites (tertiary alicyclic amines) is 1. The van der Waals surface area contributed by atoms with Crippen molar-refractivity contribution >= 4 is 11.7 Å². The van der Waals surface area contributed by atoms with Gasteiger partial charge in [-0.25, -0.2) is 4.98 Å². The largest absolute Gasteiger partial charge is 0.492 e. The first-order valence-electron chi connectivity index (χ1n) is 13.0. The first-order valence-corrected chi connectivity index (χ1v) is 13.0. The summed E-state index contributed by atoms with van der Waals surface area (Å²) in [7, 11) is 0. The molecule has 1 spiro atoms. The van der Waals surface area contributed by atoms with Gasteiger partial charge < -0.3 is 15.4 Å². The van der Waals surface area contributed by atoms with Crippen LogP contribution in [0.25, 0.3) is 0 Å². The lowest BCUT2D eigenvalue weighted by Gasteiger charge is -2.45. The second kappa shape index (κ2) is 11.7. The van der Waals surface area contributed by atoms with Crippen molar-refractivity contribution in [3.63, 3.8) is 0 Å². The van der Waals surface area contributed by atoms with E-state index < -0.39 is 0 Å². The minimum absolute atomic E-state index is 0.00292. The molecule has 1 amide bonds. The van der Waals surface area contributed by atoms with Gasteiger partial charge in [0.1, 0.15) is 23.9 Å². The van der Waals surface area contributed by atoms with Crippen LogP contribution < -0.4 is 10.5 Å². The quantitative estimate of drug-likeness (QED) is 0.704. The van der Waals surface area contributed by atoms with E-state index >= 15 is 0 Å². The predicted molar refractivity (Wildman–Crippen MR) is 137 cm³/mol. The van der Waals surface area contributed by atoms with Crippen molar-refractivity contribution in [3.05, 3.63) is 53.7 Å². The molecule has 2 aliphatic heterocycles. The maximum absolute atomic E-state index is 13.0. The summed E-state index contributed by atoms with van der Waals surface area (Å²) in [5.74, 6) is 1.45. The number of hydrogen-bond acceptors (Lipinski definition) is 5. The van der Waals surface area contributed by atoms with E-state index in [9.17, 15) is 4.79 Å². The van der Waals surface area contributed by atoms with Gasteiger partial charge in [-0.3, -0.25) is 9.69 Å². The Morgan fingerprint density at radius 2 is 1.88 bits per heavy atom. The summed E-state index contributed by atoms with van der Waals surface area (Å²) < 4.78 is 6.24. The second-order valence-electron chi connectivity index (χ2n) is 10.0. The van der Waals surface area contributed by atoms with Crippen LogP contribution in [0.3, 0.4) is 0 Å². The van der Waals surface area contributed by atoms with Crippen LogP contribution in [0.15, 0.2) is 42.5 Å². The van der Waals surface area contributed by atoms with E-state index in [1.165, 1.54) is 37.7 Å². The van der Waals surface area contributed by atoms with E-state index in [1.807, 2.05) is 4.90 Å². The number of aromatic nitrogens is 1. The van der Waals surface area contributed by atoms with Gasteiger partial charge in [0.15, 0.2) is 0 Å². The number of nitrogen functional groups attached to an aromatic ring is 1. The number of unbranched alkanes of at least 4 members (excludes halogenated alkanes) is 1. The number of benzene rings is 1. The Labute approximate surface area is 204 Å². The number of hydrogen-bond donors (Lipinski definition) is 1. The molecule has 2 aliphatic rings. The zero-order valence-electron chi connectivity index (χ0n) is 20.7. The average Bonchev–Trinajstić information content (AvgIpc) is 2.85. The Balaban J connectivity index is 1.45. The molecule has 6 heteroatoms. The molecule has 2 N–H and O–H groups in total. The summed E-state index contributed by atoms with van der Waals surface area (Å²) in [5.41, 5.74) is 7.84. The zero-order chi connectivity index (χ0) is 23.8. The van der Waals surface area contributed by atoms with Crippen LogP contribution in [0.1, 0.15) is 67.9 Å². The van der Waals surface area contributed by atoms with Gasteiger partial charge in [-0.15, -0.1) is 0 Å². The Morgan fingerprint density at radius 1 is 1.06 bits per heavy atom. The van der Waals surface area contributed by atoms with E-state index in [0.29, 0.717) is 11.5 Å². The number of carbonyl (C=O) groups is 1. The van der Waals surface area contributed by atoms with E-state index in [1.54, 1.807) is 18.2 Å². The molecule has 1 saturated heterocycles. The normalized spacial score (nSPS) is 19.5. The summed E-state index contributed by atoms with van der Waals surface area (Å²) >= 11 is 0. The fourth-order valence-corrected chi connectivity index (χ4v) is 5.48. The number of amides is 1. The number of carbonyl (C=O) groups excluding carboxylic acids is 1. The lowest BCUT2D eigenvalue weighted by atomic mass is 9.73. The number of fused-ring (bicyclic) bond motifs is 1. The maximum atomic E-state index is 13.0. The van der Waals surface area contributed by atoms with Crippen molar-refractivity contribution in [3.8, 4) is 5.75 Å². The van der Waals surface area contributed by atoms with Gasteiger partial charge in [-0.05, 0) is 74.2 Å². The van der Waals surface area contributed by atoms with Gasteiger partial charge in [0.2, 0.25) is 0 Å². The van der Waals surface area contributed by atoms with Gasteiger partial charge in [-0.2, -0.15) is 0 Å². The number of anilines is 1. The van der Waals surface area contributed by atoms with Gasteiger partial charge in [0, 0.05) is 26.2 Å². The van der Waals surface area contributed by atoms with Crippen molar-refractivity contribution < 1.29 is 9.53 Å². The predicted octanol–water partition coefficient (Wildman–Crippen LogP) is 4.79. The first kappa shape index (κ1) is 24.5. The molecule has 2 aromatic rings. The molecule has 34 heavy (non-hydrogen) atoms. The molecule has 0 atom stereocenters. The minimum Gasteiger partial charge on any atom is -0.492 e. The van der Waals surface area contributed by atoms with E-state index in [4.69, 9.17) is 10.5 Å².